The van der Waals surface area contributed by atoms with Gasteiger partial charge < -0.3 is 19.0 Å². The van der Waals surface area contributed by atoms with Crippen molar-refractivity contribution >= 4 is 26.7 Å². The lowest BCUT2D eigenvalue weighted by molar-refractivity contribution is 0.412. The first kappa shape index (κ1) is 30.3. The molecule has 0 aliphatic rings. The number of hydrogen-bond acceptors (Lipinski definition) is 8. The third-order valence-electron chi connectivity index (χ3n) is 7.57. The van der Waals surface area contributed by atoms with Crippen LogP contribution in [0.25, 0.3) is 27.7 Å². The number of aromatic amines is 1. The molecular weight excluding hydrogens is 615 g/mol. The molecule has 6 aromatic rings. The van der Waals surface area contributed by atoms with E-state index < -0.39 is 27.0 Å². The summed E-state index contributed by atoms with van der Waals surface area (Å²) in [7, 11) is -1.30. The van der Waals surface area contributed by atoms with Crippen molar-refractivity contribution in [1.29, 1.82) is 0 Å². The number of benzene rings is 3. The van der Waals surface area contributed by atoms with Crippen molar-refractivity contribution in [2.45, 2.75) is 18.4 Å². The number of halogens is 1. The quantitative estimate of drug-likeness (QED) is 0.228. The molecule has 0 bridgehead atoms. The molecule has 0 aliphatic carbocycles. The summed E-state index contributed by atoms with van der Waals surface area (Å²) in [5.41, 5.74) is 0.759. The smallest absolute Gasteiger partial charge is 0.265 e. The molecule has 11 nitrogen and oxygen atoms in total. The molecule has 0 saturated heterocycles. The average Bonchev–Trinajstić information content (AvgIpc) is 3.59. The van der Waals surface area contributed by atoms with Crippen molar-refractivity contribution in [1.82, 2.24) is 14.7 Å². The maximum absolute atomic E-state index is 15.7. The molecule has 3 heterocycles. The highest BCUT2D eigenvalue weighted by Gasteiger charge is 2.28. The van der Waals surface area contributed by atoms with E-state index in [-0.39, 0.29) is 39.8 Å². The molecule has 6 rings (SSSR count). The number of pyridine rings is 2. The fourth-order valence-corrected chi connectivity index (χ4v) is 6.70. The van der Waals surface area contributed by atoms with Crippen LogP contribution in [0.1, 0.15) is 11.1 Å². The SMILES string of the molecule is COc1ccc(CN(c2ccon2)S(=O)(=O)c2ccc3c(ccc(=O)n3-c3cc(F)c(-c4c(C)cc[nH]c4=O)cc3OC)c2)cc1. The largest absolute Gasteiger partial charge is 0.497 e. The van der Waals surface area contributed by atoms with E-state index in [4.69, 9.17) is 14.0 Å². The Balaban J connectivity index is 1.46. The van der Waals surface area contributed by atoms with Crippen LogP contribution < -0.4 is 24.9 Å². The van der Waals surface area contributed by atoms with Gasteiger partial charge in [0.2, 0.25) is 0 Å². The lowest BCUT2D eigenvalue weighted by Gasteiger charge is -2.22. The van der Waals surface area contributed by atoms with Crippen LogP contribution >= 0.6 is 0 Å². The molecule has 0 radical (unpaired) electrons. The van der Waals surface area contributed by atoms with Crippen LogP contribution in [0.4, 0.5) is 10.2 Å². The molecule has 13 heteroatoms. The number of methoxy groups -OCH3 is 2. The molecule has 0 spiro atoms. The van der Waals surface area contributed by atoms with E-state index >= 15 is 4.39 Å². The van der Waals surface area contributed by atoms with Crippen molar-refractivity contribution in [2.75, 3.05) is 18.5 Å². The highest BCUT2D eigenvalue weighted by atomic mass is 32.2. The lowest BCUT2D eigenvalue weighted by Crippen LogP contribution is -2.31. The Labute approximate surface area is 262 Å². The third-order valence-corrected chi connectivity index (χ3v) is 9.31. The molecular formula is C33H27FN4O7S. The number of aryl methyl sites for hydroxylation is 1. The zero-order valence-electron chi connectivity index (χ0n) is 24.9. The van der Waals surface area contributed by atoms with Crippen LogP contribution in [0.2, 0.25) is 0 Å². The van der Waals surface area contributed by atoms with Gasteiger partial charge in [-0.15, -0.1) is 0 Å². The highest BCUT2D eigenvalue weighted by Crippen LogP contribution is 2.34. The first-order valence-corrected chi connectivity index (χ1v) is 15.3. The minimum atomic E-state index is -4.21. The molecule has 0 unspecified atom stereocenters. The van der Waals surface area contributed by atoms with E-state index in [2.05, 4.69) is 10.1 Å². The molecule has 234 valence electrons. The molecule has 46 heavy (non-hydrogen) atoms. The summed E-state index contributed by atoms with van der Waals surface area (Å²) in [5.74, 6) is 0.0753. The third kappa shape index (κ3) is 5.41. The molecule has 0 atom stereocenters. The Morgan fingerprint density at radius 3 is 2.41 bits per heavy atom. The number of fused-ring (bicyclic) bond motifs is 1. The van der Waals surface area contributed by atoms with Crippen molar-refractivity contribution in [3.63, 3.8) is 0 Å². The van der Waals surface area contributed by atoms with Crippen LogP contribution in [0, 0.1) is 12.7 Å². The highest BCUT2D eigenvalue weighted by molar-refractivity contribution is 7.92. The van der Waals surface area contributed by atoms with Crippen molar-refractivity contribution < 1.29 is 26.8 Å². The number of nitrogens with one attached hydrogen (secondary N) is 1. The minimum Gasteiger partial charge on any atom is -0.497 e. The lowest BCUT2D eigenvalue weighted by atomic mass is 10.0. The maximum Gasteiger partial charge on any atom is 0.265 e. The van der Waals surface area contributed by atoms with E-state index in [1.54, 1.807) is 37.3 Å². The van der Waals surface area contributed by atoms with Crippen molar-refractivity contribution in [2.24, 2.45) is 0 Å². The second-order valence-corrected chi connectivity index (χ2v) is 12.2. The zero-order valence-corrected chi connectivity index (χ0v) is 25.7. The number of hydrogen-bond donors (Lipinski definition) is 1. The van der Waals surface area contributed by atoms with Gasteiger partial charge in [-0.25, -0.2) is 17.1 Å². The van der Waals surface area contributed by atoms with Gasteiger partial charge in [0, 0.05) is 35.3 Å². The van der Waals surface area contributed by atoms with Crippen LogP contribution in [0.3, 0.4) is 0 Å². The van der Waals surface area contributed by atoms with Gasteiger partial charge in [-0.1, -0.05) is 17.3 Å². The zero-order chi connectivity index (χ0) is 32.6. The normalized spacial score (nSPS) is 11.5. The maximum atomic E-state index is 15.7. The van der Waals surface area contributed by atoms with E-state index in [1.807, 2.05) is 0 Å². The summed E-state index contributed by atoms with van der Waals surface area (Å²) >= 11 is 0. The molecule has 0 saturated carbocycles. The van der Waals surface area contributed by atoms with E-state index in [9.17, 15) is 18.0 Å². The second-order valence-electron chi connectivity index (χ2n) is 10.3. The van der Waals surface area contributed by atoms with Crippen LogP contribution in [0.5, 0.6) is 11.5 Å². The van der Waals surface area contributed by atoms with E-state index in [0.717, 1.165) is 10.4 Å². The predicted octanol–water partition coefficient (Wildman–Crippen LogP) is 5.19. The first-order valence-electron chi connectivity index (χ1n) is 13.9. The van der Waals surface area contributed by atoms with Gasteiger partial charge in [-0.3, -0.25) is 14.2 Å². The monoisotopic (exact) mass is 642 g/mol. The minimum absolute atomic E-state index is 0.00595. The number of ether oxygens (including phenoxy) is 2. The van der Waals surface area contributed by atoms with Crippen molar-refractivity contribution in [3.05, 3.63) is 129 Å². The van der Waals surface area contributed by atoms with Crippen LogP contribution in [-0.4, -0.2) is 37.3 Å². The number of nitrogens with zero attached hydrogens (tertiary/aromatic N) is 3. The van der Waals surface area contributed by atoms with Crippen LogP contribution in [0.15, 0.2) is 110 Å². The number of aromatic nitrogens is 3. The summed E-state index contributed by atoms with van der Waals surface area (Å²) in [6, 6.07) is 19.5. The summed E-state index contributed by atoms with van der Waals surface area (Å²) in [5, 5.41) is 4.25. The Kier molecular flexibility index (Phi) is 7.92. The van der Waals surface area contributed by atoms with Gasteiger partial charge >= 0.3 is 0 Å². The van der Waals surface area contributed by atoms with Gasteiger partial charge in [0.25, 0.3) is 21.1 Å². The first-order chi connectivity index (χ1) is 22.1. The summed E-state index contributed by atoms with van der Waals surface area (Å²) in [6.07, 6.45) is 2.75. The number of H-pyrrole nitrogens is 1. The Morgan fingerprint density at radius 1 is 0.957 bits per heavy atom. The summed E-state index contributed by atoms with van der Waals surface area (Å²) < 4.78 is 61.8. The van der Waals surface area contributed by atoms with Gasteiger partial charge in [0.15, 0.2) is 5.82 Å². The van der Waals surface area contributed by atoms with Gasteiger partial charge in [-0.05, 0) is 66.6 Å². The van der Waals surface area contributed by atoms with E-state index in [1.165, 1.54) is 73.7 Å². The van der Waals surface area contributed by atoms with E-state index in [0.29, 0.717) is 27.8 Å². The molecule has 3 aromatic heterocycles. The number of anilines is 1. The standard InChI is InChI=1S/C33H27FN4O7S/c1-20-12-14-35-33(40)32(20)25-17-29(44-3)28(18-26(25)34)38-27-10-9-24(16-22(27)6-11-31(38)39)46(41,42)37(30-13-15-45-36-30)19-21-4-7-23(43-2)8-5-21/h4-18H,19H2,1-3H3,(H,35,40). The fourth-order valence-electron chi connectivity index (χ4n) is 5.27. The van der Waals surface area contributed by atoms with Crippen LogP contribution in [-0.2, 0) is 16.6 Å². The molecule has 0 fully saturated rings. The van der Waals surface area contributed by atoms with Crippen molar-refractivity contribution in [3.8, 4) is 28.3 Å². The number of rotatable bonds is 9. The Morgan fingerprint density at radius 2 is 1.74 bits per heavy atom. The molecule has 0 amide bonds. The average molecular weight is 643 g/mol. The second kappa shape index (κ2) is 12.0. The van der Waals surface area contributed by atoms with Gasteiger partial charge in [0.1, 0.15) is 23.6 Å². The van der Waals surface area contributed by atoms with Gasteiger partial charge in [-0.2, -0.15) is 0 Å². The topological polar surface area (TPSA) is 137 Å². The Bertz CT molecular complexity index is 2300. The molecule has 0 aliphatic heterocycles. The summed E-state index contributed by atoms with van der Waals surface area (Å²) in [6.45, 7) is 1.63. The summed E-state index contributed by atoms with van der Waals surface area (Å²) in [4.78, 5) is 28.3. The molecule has 3 aromatic carbocycles. The number of sulfonamides is 1. The van der Waals surface area contributed by atoms with Gasteiger partial charge in [0.05, 0.1) is 42.4 Å². The molecule has 1 N–H and O–H groups in total. The fraction of sp³-hybridized carbons (Fsp3) is 0.121. The Hall–Kier alpha value is -5.69. The predicted molar refractivity (Wildman–Crippen MR) is 170 cm³/mol.